The largest absolute Gasteiger partial charge is 0.445 e. The van der Waals surface area contributed by atoms with Gasteiger partial charge in [0.2, 0.25) is 0 Å². The molecule has 2 heterocycles. The number of hydrogen-bond donors (Lipinski definition) is 1. The average molecular weight is 465 g/mol. The number of rotatable bonds is 4. The van der Waals surface area contributed by atoms with E-state index in [1.54, 1.807) is 4.90 Å². The highest BCUT2D eigenvalue weighted by Gasteiger charge is 2.33. The molecular weight excluding hydrogens is 443 g/mol. The summed E-state index contributed by atoms with van der Waals surface area (Å²) in [6.45, 7) is 0.797. The standard InChI is InChI=1S/C26H22F3N3O2/c27-26(28,29)20-11-8-18(9-12-20)19-10-13-21-22(15-19)31-24(30-21)23-7-4-14-32(23)25(33)34-16-17-5-2-1-3-6-17/h1-3,5-6,8-13,15,23H,4,7,14,16H2,(H,30,31)/t23-/m0/s1. The molecule has 1 saturated heterocycles. The van der Waals surface area contributed by atoms with Gasteiger partial charge < -0.3 is 9.72 Å². The molecule has 5 nitrogen and oxygen atoms in total. The maximum absolute atomic E-state index is 12.9. The van der Waals surface area contributed by atoms with E-state index in [9.17, 15) is 18.0 Å². The molecule has 0 spiro atoms. The number of nitrogens with one attached hydrogen (secondary N) is 1. The fourth-order valence-corrected chi connectivity index (χ4v) is 4.29. The second-order valence-electron chi connectivity index (χ2n) is 8.32. The van der Waals surface area contributed by atoms with Crippen molar-refractivity contribution in [2.45, 2.75) is 31.7 Å². The van der Waals surface area contributed by atoms with E-state index in [-0.39, 0.29) is 18.7 Å². The maximum atomic E-state index is 12.9. The molecule has 0 unspecified atom stereocenters. The quantitative estimate of drug-likeness (QED) is 0.364. The lowest BCUT2D eigenvalue weighted by Gasteiger charge is -2.22. The predicted octanol–water partition coefficient (Wildman–Crippen LogP) is 6.72. The molecule has 174 valence electrons. The average Bonchev–Trinajstić information content (AvgIpc) is 3.49. The number of amides is 1. The summed E-state index contributed by atoms with van der Waals surface area (Å²) < 4.78 is 44.1. The molecule has 1 aliphatic rings. The summed E-state index contributed by atoms with van der Waals surface area (Å²) in [5.41, 5.74) is 3.19. The smallest absolute Gasteiger partial charge is 0.416 e. The zero-order valence-electron chi connectivity index (χ0n) is 18.2. The van der Waals surface area contributed by atoms with Gasteiger partial charge in [0.25, 0.3) is 0 Å². The molecule has 0 bridgehead atoms. The molecule has 5 rings (SSSR count). The highest BCUT2D eigenvalue weighted by atomic mass is 19.4. The van der Waals surface area contributed by atoms with Crippen molar-refractivity contribution in [2.24, 2.45) is 0 Å². The minimum absolute atomic E-state index is 0.208. The number of H-pyrrole nitrogens is 1. The van der Waals surface area contributed by atoms with Gasteiger partial charge >= 0.3 is 12.3 Å². The van der Waals surface area contributed by atoms with Crippen molar-refractivity contribution >= 4 is 17.1 Å². The molecule has 3 aromatic carbocycles. The number of benzene rings is 3. The van der Waals surface area contributed by atoms with Crippen LogP contribution in [0.3, 0.4) is 0 Å². The van der Waals surface area contributed by atoms with E-state index in [2.05, 4.69) is 9.97 Å². The Kier molecular flexibility index (Phi) is 5.73. The van der Waals surface area contributed by atoms with Gasteiger partial charge in [-0.15, -0.1) is 0 Å². The first kappa shape index (κ1) is 22.0. The highest BCUT2D eigenvalue weighted by Crippen LogP contribution is 2.34. The molecule has 4 aromatic rings. The molecule has 1 aliphatic heterocycles. The van der Waals surface area contributed by atoms with E-state index in [0.717, 1.165) is 47.1 Å². The number of carbonyl (C=O) groups is 1. The summed E-state index contributed by atoms with van der Waals surface area (Å²) in [4.78, 5) is 22.4. The van der Waals surface area contributed by atoms with E-state index in [4.69, 9.17) is 4.74 Å². The second kappa shape index (κ2) is 8.85. The van der Waals surface area contributed by atoms with Crippen molar-refractivity contribution < 1.29 is 22.7 Å². The lowest BCUT2D eigenvalue weighted by atomic mass is 10.0. The molecule has 1 fully saturated rings. The molecular formula is C26H22F3N3O2. The number of carbonyl (C=O) groups excluding carboxylic acids is 1. The third kappa shape index (κ3) is 4.48. The molecule has 1 amide bonds. The Labute approximate surface area is 194 Å². The number of nitrogens with zero attached hydrogens (tertiary/aromatic N) is 2. The Bertz CT molecular complexity index is 1300. The first-order chi connectivity index (χ1) is 16.4. The molecule has 1 atom stereocenters. The Balaban J connectivity index is 1.34. The van der Waals surface area contributed by atoms with E-state index in [0.29, 0.717) is 17.9 Å². The van der Waals surface area contributed by atoms with Crippen LogP contribution in [-0.2, 0) is 17.5 Å². The summed E-state index contributed by atoms with van der Waals surface area (Å²) in [7, 11) is 0. The number of imidazole rings is 1. The molecule has 0 saturated carbocycles. The van der Waals surface area contributed by atoms with E-state index < -0.39 is 11.7 Å². The highest BCUT2D eigenvalue weighted by molar-refractivity contribution is 5.82. The third-order valence-corrected chi connectivity index (χ3v) is 6.05. The Morgan fingerprint density at radius 1 is 1.03 bits per heavy atom. The Hall–Kier alpha value is -3.81. The van der Waals surface area contributed by atoms with E-state index in [1.165, 1.54) is 12.1 Å². The number of aromatic nitrogens is 2. The fraction of sp³-hybridized carbons (Fsp3) is 0.231. The van der Waals surface area contributed by atoms with Gasteiger partial charge in [-0.25, -0.2) is 9.78 Å². The summed E-state index contributed by atoms with van der Waals surface area (Å²) in [5.74, 6) is 0.675. The van der Waals surface area contributed by atoms with Crippen molar-refractivity contribution in [3.8, 4) is 11.1 Å². The predicted molar refractivity (Wildman–Crippen MR) is 122 cm³/mol. The third-order valence-electron chi connectivity index (χ3n) is 6.05. The molecule has 1 aromatic heterocycles. The van der Waals surface area contributed by atoms with Gasteiger partial charge in [0.1, 0.15) is 12.4 Å². The fourth-order valence-electron chi connectivity index (χ4n) is 4.29. The van der Waals surface area contributed by atoms with Crippen LogP contribution in [-0.4, -0.2) is 27.5 Å². The van der Waals surface area contributed by atoms with Gasteiger partial charge in [-0.2, -0.15) is 13.2 Å². The normalized spacial score (nSPS) is 16.2. The SMILES string of the molecule is O=C(OCc1ccccc1)N1CCC[C@H]1c1nc2ccc(-c3ccc(C(F)(F)F)cc3)cc2[nH]1. The van der Waals surface area contributed by atoms with Crippen molar-refractivity contribution in [3.05, 3.63) is 89.7 Å². The van der Waals surface area contributed by atoms with Gasteiger partial charge in [-0.1, -0.05) is 48.5 Å². The molecule has 1 N–H and O–H groups in total. The lowest BCUT2D eigenvalue weighted by Crippen LogP contribution is -2.31. The van der Waals surface area contributed by atoms with Gasteiger partial charge in [0.15, 0.2) is 0 Å². The maximum Gasteiger partial charge on any atom is 0.416 e. The van der Waals surface area contributed by atoms with Crippen molar-refractivity contribution in [1.82, 2.24) is 14.9 Å². The zero-order chi connectivity index (χ0) is 23.7. The van der Waals surface area contributed by atoms with Crippen LogP contribution in [0.15, 0.2) is 72.8 Å². The molecule has 34 heavy (non-hydrogen) atoms. The topological polar surface area (TPSA) is 58.2 Å². The van der Waals surface area contributed by atoms with Crippen LogP contribution in [0.4, 0.5) is 18.0 Å². The van der Waals surface area contributed by atoms with Crippen LogP contribution in [0.2, 0.25) is 0 Å². The summed E-state index contributed by atoms with van der Waals surface area (Å²) in [5, 5.41) is 0. The Morgan fingerprint density at radius 3 is 2.50 bits per heavy atom. The van der Waals surface area contributed by atoms with Gasteiger partial charge in [0, 0.05) is 6.54 Å². The van der Waals surface area contributed by atoms with Crippen LogP contribution in [0, 0.1) is 0 Å². The van der Waals surface area contributed by atoms with Crippen LogP contribution in [0.25, 0.3) is 22.2 Å². The molecule has 0 aliphatic carbocycles. The summed E-state index contributed by atoms with van der Waals surface area (Å²) in [6.07, 6.45) is -3.13. The molecule has 0 radical (unpaired) electrons. The number of fused-ring (bicyclic) bond motifs is 1. The van der Waals surface area contributed by atoms with E-state index in [1.807, 2.05) is 48.5 Å². The van der Waals surface area contributed by atoms with Crippen molar-refractivity contribution in [2.75, 3.05) is 6.54 Å². The van der Waals surface area contributed by atoms with E-state index >= 15 is 0 Å². The van der Waals surface area contributed by atoms with Crippen LogP contribution in [0.1, 0.15) is 35.8 Å². The molecule has 8 heteroatoms. The number of halogens is 3. The number of aromatic amines is 1. The van der Waals surface area contributed by atoms with Gasteiger partial charge in [-0.3, -0.25) is 4.90 Å². The number of likely N-dealkylation sites (tertiary alicyclic amines) is 1. The first-order valence-electron chi connectivity index (χ1n) is 11.0. The number of hydrogen-bond acceptors (Lipinski definition) is 3. The van der Waals surface area contributed by atoms with Crippen LogP contribution in [0.5, 0.6) is 0 Å². The summed E-state index contributed by atoms with van der Waals surface area (Å²) >= 11 is 0. The number of alkyl halides is 3. The monoisotopic (exact) mass is 465 g/mol. The minimum atomic E-state index is -4.36. The zero-order valence-corrected chi connectivity index (χ0v) is 18.2. The number of ether oxygens (including phenoxy) is 1. The lowest BCUT2D eigenvalue weighted by molar-refractivity contribution is -0.137. The van der Waals surface area contributed by atoms with Crippen molar-refractivity contribution in [1.29, 1.82) is 0 Å². The minimum Gasteiger partial charge on any atom is -0.445 e. The Morgan fingerprint density at radius 2 is 1.76 bits per heavy atom. The summed E-state index contributed by atoms with van der Waals surface area (Å²) in [6, 6.07) is 19.9. The van der Waals surface area contributed by atoms with Crippen LogP contribution < -0.4 is 0 Å². The first-order valence-corrected chi connectivity index (χ1v) is 11.0. The van der Waals surface area contributed by atoms with Gasteiger partial charge in [-0.05, 0) is 53.8 Å². The van der Waals surface area contributed by atoms with Gasteiger partial charge in [0.05, 0.1) is 22.6 Å². The van der Waals surface area contributed by atoms with Crippen LogP contribution >= 0.6 is 0 Å². The second-order valence-corrected chi connectivity index (χ2v) is 8.32. The van der Waals surface area contributed by atoms with Crippen molar-refractivity contribution in [3.63, 3.8) is 0 Å².